The maximum Gasteiger partial charge on any atom is 0.333 e. The van der Waals surface area contributed by atoms with Crippen LogP contribution in [-0.4, -0.2) is 72.7 Å². The molecule has 0 radical (unpaired) electrons. The molecule has 6 aliphatic rings. The summed E-state index contributed by atoms with van der Waals surface area (Å²) >= 11 is 0. The van der Waals surface area contributed by atoms with E-state index in [-0.39, 0.29) is 48.6 Å². The number of hydrogen-bond donors (Lipinski definition) is 1. The first-order chi connectivity index (χ1) is 21.9. The van der Waals surface area contributed by atoms with Gasteiger partial charge in [-0.2, -0.15) is 0 Å². The minimum atomic E-state index is -0.834. The summed E-state index contributed by atoms with van der Waals surface area (Å²) < 4.78 is 31.2. The molecule has 260 valence electrons. The van der Waals surface area contributed by atoms with Crippen LogP contribution in [0, 0.1) is 51.2 Å². The van der Waals surface area contributed by atoms with E-state index in [1.165, 1.54) is 13.8 Å². The second-order valence-electron chi connectivity index (χ2n) is 16.5. The molecule has 10 nitrogen and oxygen atoms in total. The van der Waals surface area contributed by atoms with Gasteiger partial charge in [0.1, 0.15) is 18.3 Å². The Bertz CT molecular complexity index is 1420. The summed E-state index contributed by atoms with van der Waals surface area (Å²) in [4.78, 5) is 51.7. The van der Waals surface area contributed by atoms with Crippen LogP contribution in [-0.2, 0) is 42.9 Å². The molecule has 0 aromatic heterocycles. The Labute approximate surface area is 277 Å². The van der Waals surface area contributed by atoms with Crippen molar-refractivity contribution in [2.24, 2.45) is 51.2 Å². The van der Waals surface area contributed by atoms with Crippen molar-refractivity contribution < 1.29 is 48.0 Å². The molecule has 0 amide bonds. The van der Waals surface area contributed by atoms with Crippen LogP contribution >= 0.6 is 0 Å². The van der Waals surface area contributed by atoms with Gasteiger partial charge in [0.2, 0.25) is 0 Å². The van der Waals surface area contributed by atoms with Crippen LogP contribution in [0.15, 0.2) is 23.3 Å². The molecule has 3 saturated carbocycles. The number of cyclic esters (lactones) is 1. The first kappa shape index (κ1) is 34.2. The van der Waals surface area contributed by atoms with E-state index in [4.69, 9.17) is 23.7 Å². The predicted molar refractivity (Wildman–Crippen MR) is 169 cm³/mol. The number of rotatable bonds is 6. The topological polar surface area (TPSA) is 135 Å². The van der Waals surface area contributed by atoms with Gasteiger partial charge in [-0.1, -0.05) is 59.3 Å². The minimum absolute atomic E-state index is 0.0530. The zero-order valence-corrected chi connectivity index (χ0v) is 29.3. The summed E-state index contributed by atoms with van der Waals surface area (Å²) in [5.41, 5.74) is -1.45. The third-order valence-corrected chi connectivity index (χ3v) is 13.4. The molecule has 1 N–H and O–H groups in total. The number of aliphatic hydroxyl groups excluding tert-OH is 1. The van der Waals surface area contributed by atoms with E-state index in [0.717, 1.165) is 5.57 Å². The Morgan fingerprint density at radius 2 is 1.64 bits per heavy atom. The van der Waals surface area contributed by atoms with Gasteiger partial charge in [0, 0.05) is 59.3 Å². The number of aliphatic hydroxyl groups is 1. The fourth-order valence-corrected chi connectivity index (χ4v) is 11.6. The van der Waals surface area contributed by atoms with Gasteiger partial charge < -0.3 is 28.8 Å². The summed E-state index contributed by atoms with van der Waals surface area (Å²) in [6.45, 7) is 17.6. The molecule has 4 aliphatic carbocycles. The molecule has 0 aromatic carbocycles. The molecule has 0 aromatic rings. The Kier molecular flexibility index (Phi) is 8.30. The normalized spacial score (nSPS) is 47.0. The van der Waals surface area contributed by atoms with Crippen LogP contribution in [0.2, 0.25) is 0 Å². The lowest BCUT2D eigenvalue weighted by molar-refractivity contribution is -0.274. The fraction of sp³-hybridized carbons (Fsp3) is 0.784. The number of fused-ring (bicyclic) bond motifs is 4. The lowest BCUT2D eigenvalue weighted by Crippen LogP contribution is -2.74. The van der Waals surface area contributed by atoms with Gasteiger partial charge in [-0.15, -0.1) is 0 Å². The van der Waals surface area contributed by atoms with Gasteiger partial charge in [0.15, 0.2) is 0 Å². The van der Waals surface area contributed by atoms with Gasteiger partial charge in [-0.25, -0.2) is 4.79 Å². The Hall–Kier alpha value is -2.72. The van der Waals surface area contributed by atoms with Crippen LogP contribution < -0.4 is 0 Å². The summed E-state index contributed by atoms with van der Waals surface area (Å²) in [6.07, 6.45) is 2.34. The molecule has 0 spiro atoms. The van der Waals surface area contributed by atoms with E-state index in [0.29, 0.717) is 31.4 Å². The molecule has 2 aliphatic heterocycles. The Balaban J connectivity index is 1.56. The number of carbonyl (C=O) groups is 4. The van der Waals surface area contributed by atoms with E-state index in [1.54, 1.807) is 6.92 Å². The second-order valence-corrected chi connectivity index (χ2v) is 16.5. The zero-order valence-electron chi connectivity index (χ0n) is 29.3. The van der Waals surface area contributed by atoms with Crippen molar-refractivity contribution in [3.05, 3.63) is 23.3 Å². The molecular formula is C37H52O10. The van der Waals surface area contributed by atoms with Gasteiger partial charge in [-0.05, 0) is 37.5 Å². The van der Waals surface area contributed by atoms with Gasteiger partial charge in [-0.3, -0.25) is 14.4 Å². The van der Waals surface area contributed by atoms with Crippen molar-refractivity contribution in [2.75, 3.05) is 13.2 Å². The summed E-state index contributed by atoms with van der Waals surface area (Å²) in [5, 5.41) is 11.6. The third-order valence-electron chi connectivity index (χ3n) is 13.4. The minimum Gasteiger partial charge on any atom is -0.465 e. The van der Waals surface area contributed by atoms with Crippen molar-refractivity contribution >= 4 is 23.9 Å². The Morgan fingerprint density at radius 1 is 0.979 bits per heavy atom. The van der Waals surface area contributed by atoms with E-state index in [2.05, 4.69) is 26.8 Å². The highest BCUT2D eigenvalue weighted by Gasteiger charge is 2.79. The predicted octanol–water partition coefficient (Wildman–Crippen LogP) is 4.71. The van der Waals surface area contributed by atoms with Gasteiger partial charge in [0.25, 0.3) is 0 Å². The maximum absolute atomic E-state index is 13.9. The highest BCUT2D eigenvalue weighted by atomic mass is 16.6. The molecular weight excluding hydrogens is 604 g/mol. The molecule has 5 fully saturated rings. The van der Waals surface area contributed by atoms with Crippen LogP contribution in [0.5, 0.6) is 0 Å². The van der Waals surface area contributed by atoms with Crippen LogP contribution in [0.3, 0.4) is 0 Å². The summed E-state index contributed by atoms with van der Waals surface area (Å²) in [5.74, 6) is -2.10. The summed E-state index contributed by atoms with van der Waals surface area (Å²) in [6, 6.07) is 0. The standard InChI is InChI=1S/C37H52O10/c1-18(2)12-19(3)33(42)47-32-30-31-34(6,17-44-30)26(40)15-28(46-21(5)39)37(31,9)25-14-27(45-20(4)38)35(7)23(22-13-29(41)43-16-22)10-11-24(35)36(25,32)8/h11-12,18,22-23,25-28,30-32,40H,10,13-17H2,1-9H3/b19-12+/t22-,23-,25-,26+,27-,28-,30+,31-,32+,34+,35-,36-,37-/m0/s1. The molecule has 2 saturated heterocycles. The lowest BCUT2D eigenvalue weighted by atomic mass is 9.35. The molecule has 0 bridgehead atoms. The van der Waals surface area contributed by atoms with Crippen molar-refractivity contribution in [2.45, 2.75) is 119 Å². The van der Waals surface area contributed by atoms with E-state index >= 15 is 0 Å². The van der Waals surface area contributed by atoms with Gasteiger partial charge >= 0.3 is 23.9 Å². The van der Waals surface area contributed by atoms with Crippen molar-refractivity contribution in [1.29, 1.82) is 0 Å². The molecule has 47 heavy (non-hydrogen) atoms. The van der Waals surface area contributed by atoms with Crippen LogP contribution in [0.4, 0.5) is 0 Å². The van der Waals surface area contributed by atoms with Crippen LogP contribution in [0.25, 0.3) is 0 Å². The maximum atomic E-state index is 13.9. The van der Waals surface area contributed by atoms with E-state index in [1.807, 2.05) is 26.8 Å². The SMILES string of the molecule is CC(=O)O[C@H]1C[C@H]2[C@](C)(C3=CC[C@@H]([C@@H]4COC(=O)C4)[C@@]31C)[C@H](OC(=O)/C(C)=C/C(C)C)[C@@H]1OC[C@]3(C)[C@H](O)C[C@H](OC(C)=O)[C@@]2(C)[C@@H]13. The first-order valence-electron chi connectivity index (χ1n) is 17.3. The third kappa shape index (κ3) is 4.85. The highest BCUT2D eigenvalue weighted by molar-refractivity contribution is 5.88. The first-order valence-corrected chi connectivity index (χ1v) is 17.3. The smallest absolute Gasteiger partial charge is 0.333 e. The molecule has 2 heterocycles. The fourth-order valence-electron chi connectivity index (χ4n) is 11.6. The van der Waals surface area contributed by atoms with E-state index in [9.17, 15) is 24.3 Å². The second kappa shape index (κ2) is 11.4. The number of carbonyl (C=O) groups excluding carboxylic acids is 4. The molecule has 6 rings (SSSR count). The monoisotopic (exact) mass is 656 g/mol. The average molecular weight is 657 g/mol. The van der Waals surface area contributed by atoms with Crippen molar-refractivity contribution in [3.63, 3.8) is 0 Å². The van der Waals surface area contributed by atoms with E-state index < -0.39 is 70.1 Å². The van der Waals surface area contributed by atoms with Crippen molar-refractivity contribution in [3.8, 4) is 0 Å². The van der Waals surface area contributed by atoms with Crippen molar-refractivity contribution in [1.82, 2.24) is 0 Å². The Morgan fingerprint density at radius 3 is 2.23 bits per heavy atom. The summed E-state index contributed by atoms with van der Waals surface area (Å²) in [7, 11) is 0. The highest BCUT2D eigenvalue weighted by Crippen LogP contribution is 2.76. The number of allylic oxidation sites excluding steroid dienone is 2. The molecule has 0 unspecified atom stereocenters. The van der Waals surface area contributed by atoms with Gasteiger partial charge in [0.05, 0.1) is 31.8 Å². The number of hydrogen-bond acceptors (Lipinski definition) is 10. The zero-order chi connectivity index (χ0) is 34.4. The average Bonchev–Trinajstić information content (AvgIpc) is 3.66. The molecule has 13 atom stereocenters. The number of ether oxygens (including phenoxy) is 5. The van der Waals surface area contributed by atoms with Crippen LogP contribution in [0.1, 0.15) is 88.0 Å². The quantitative estimate of drug-likeness (QED) is 0.185. The lowest BCUT2D eigenvalue weighted by Gasteiger charge is -2.70. The largest absolute Gasteiger partial charge is 0.465 e. The number of esters is 4. The molecule has 10 heteroatoms.